The molecule has 0 saturated heterocycles. The maximum Gasteiger partial charge on any atom is 0.433 e. The van der Waals surface area contributed by atoms with E-state index < -0.39 is 4.92 Å². The molecule has 1 amide bonds. The third-order valence-electron chi connectivity index (χ3n) is 2.09. The predicted octanol–water partition coefficient (Wildman–Crippen LogP) is -2.26. The normalized spacial score (nSPS) is 11.7. The lowest BCUT2D eigenvalue weighted by Crippen LogP contribution is -3.00. The van der Waals surface area contributed by atoms with Crippen LogP contribution in [0, 0.1) is 10.1 Å². The molecule has 0 spiro atoms. The van der Waals surface area contributed by atoms with Crippen LogP contribution >= 0.6 is 0 Å². The number of hydrogen-bond acceptors (Lipinski definition) is 5. The summed E-state index contributed by atoms with van der Waals surface area (Å²) in [5.41, 5.74) is 2.74. The summed E-state index contributed by atoms with van der Waals surface area (Å²) in [6.07, 6.45) is 0. The highest BCUT2D eigenvalue weighted by molar-refractivity contribution is 5.97. The number of carbonyl (C=O) groups is 1. The largest absolute Gasteiger partial charge is 1.00 e. The lowest BCUT2D eigenvalue weighted by atomic mass is 10.3. The van der Waals surface area contributed by atoms with Gasteiger partial charge in [0.1, 0.15) is 10.6 Å². The number of rotatable bonds is 5. The van der Waals surface area contributed by atoms with Gasteiger partial charge in [0, 0.05) is 0 Å². The van der Waals surface area contributed by atoms with Gasteiger partial charge in [0.05, 0.1) is 27.2 Å². The second kappa shape index (κ2) is 7.01. The van der Waals surface area contributed by atoms with Crippen molar-refractivity contribution in [3.8, 4) is 0 Å². The zero-order valence-electron chi connectivity index (χ0n) is 11.7. The van der Waals surface area contributed by atoms with Gasteiger partial charge in [0.15, 0.2) is 12.3 Å². The molecule has 0 atom stereocenters. The highest BCUT2D eigenvalue weighted by Crippen LogP contribution is 2.15. The molecule has 20 heavy (non-hydrogen) atoms. The standard InChI is InChI=1S/C11H16N4O4.ClH/c1-8(9-5-6-11(19-9)14(17)18)12-13-10(16)7-15(2,3)4;/h5-6H,7H2,1-4H3;1H/b12-8+;. The van der Waals surface area contributed by atoms with Crippen molar-refractivity contribution < 1.29 is 31.0 Å². The van der Waals surface area contributed by atoms with Crippen molar-refractivity contribution in [2.45, 2.75) is 6.92 Å². The molecule has 112 valence electrons. The quantitative estimate of drug-likeness (QED) is 0.287. The number of nitrogens with one attached hydrogen (secondary N) is 1. The van der Waals surface area contributed by atoms with Crippen molar-refractivity contribution in [2.75, 3.05) is 27.7 Å². The molecule has 1 rings (SSSR count). The van der Waals surface area contributed by atoms with Crippen LogP contribution in [0.5, 0.6) is 0 Å². The van der Waals surface area contributed by atoms with Gasteiger partial charge in [-0.05, 0) is 13.0 Å². The molecule has 1 aromatic heterocycles. The molecule has 0 saturated carbocycles. The Bertz CT molecular complexity index is 519. The smallest absolute Gasteiger partial charge is 0.433 e. The van der Waals surface area contributed by atoms with Gasteiger partial charge in [-0.1, -0.05) is 0 Å². The third-order valence-corrected chi connectivity index (χ3v) is 2.09. The Balaban J connectivity index is 0.00000361. The Morgan fingerprint density at radius 1 is 1.45 bits per heavy atom. The van der Waals surface area contributed by atoms with E-state index in [1.54, 1.807) is 6.92 Å². The van der Waals surface area contributed by atoms with Gasteiger partial charge in [0.25, 0.3) is 5.91 Å². The van der Waals surface area contributed by atoms with Crippen molar-refractivity contribution in [1.29, 1.82) is 0 Å². The van der Waals surface area contributed by atoms with E-state index in [0.717, 1.165) is 0 Å². The number of carbonyl (C=O) groups excluding carboxylic acids is 1. The van der Waals surface area contributed by atoms with Gasteiger partial charge >= 0.3 is 5.88 Å². The summed E-state index contributed by atoms with van der Waals surface area (Å²) in [5, 5.41) is 14.3. The molecule has 1 aromatic rings. The molecule has 0 aliphatic rings. The molecule has 0 radical (unpaired) electrons. The second-order valence-electron chi connectivity index (χ2n) is 5.08. The fourth-order valence-electron chi connectivity index (χ4n) is 1.29. The Morgan fingerprint density at radius 2 is 2.05 bits per heavy atom. The van der Waals surface area contributed by atoms with Crippen LogP contribution in [0.1, 0.15) is 12.7 Å². The summed E-state index contributed by atoms with van der Waals surface area (Å²) < 4.78 is 5.43. The van der Waals surface area contributed by atoms with E-state index in [9.17, 15) is 14.9 Å². The summed E-state index contributed by atoms with van der Waals surface area (Å²) in [6, 6.07) is 2.67. The molecule has 1 N–H and O–H groups in total. The van der Waals surface area contributed by atoms with E-state index in [1.165, 1.54) is 12.1 Å². The maximum atomic E-state index is 11.5. The molecule has 8 nitrogen and oxygen atoms in total. The third kappa shape index (κ3) is 5.81. The van der Waals surface area contributed by atoms with Crippen molar-refractivity contribution in [3.05, 3.63) is 28.0 Å². The molecule has 0 bridgehead atoms. The van der Waals surface area contributed by atoms with Crippen LogP contribution in [0.25, 0.3) is 0 Å². The first kappa shape index (κ1) is 18.1. The van der Waals surface area contributed by atoms with Gasteiger partial charge < -0.3 is 21.3 Å². The summed E-state index contributed by atoms with van der Waals surface area (Å²) in [6.45, 7) is 1.86. The highest BCUT2D eigenvalue weighted by atomic mass is 35.5. The Morgan fingerprint density at radius 3 is 2.50 bits per heavy atom. The summed E-state index contributed by atoms with van der Waals surface area (Å²) in [7, 11) is 5.64. The van der Waals surface area contributed by atoms with Crippen LogP contribution in [0.15, 0.2) is 21.7 Å². The molecule has 9 heteroatoms. The van der Waals surface area contributed by atoms with Crippen LogP contribution in [0.3, 0.4) is 0 Å². The number of likely N-dealkylation sites (N-methyl/N-ethyl adjacent to an activating group) is 1. The number of halogens is 1. The highest BCUT2D eigenvalue weighted by Gasteiger charge is 2.15. The predicted molar refractivity (Wildman–Crippen MR) is 68.6 cm³/mol. The van der Waals surface area contributed by atoms with Crippen LogP contribution in [0.4, 0.5) is 5.88 Å². The van der Waals surface area contributed by atoms with E-state index >= 15 is 0 Å². The molecule has 0 unspecified atom stereocenters. The Kier molecular flexibility index (Phi) is 6.34. The van der Waals surface area contributed by atoms with Crippen LogP contribution in [0.2, 0.25) is 0 Å². The minimum Gasteiger partial charge on any atom is -1.00 e. The van der Waals surface area contributed by atoms with Gasteiger partial charge in [0.2, 0.25) is 0 Å². The van der Waals surface area contributed by atoms with Crippen LogP contribution in [-0.2, 0) is 4.79 Å². The first-order valence-electron chi connectivity index (χ1n) is 5.57. The lowest BCUT2D eigenvalue weighted by molar-refractivity contribution is -0.862. The van der Waals surface area contributed by atoms with Crippen LogP contribution < -0.4 is 17.8 Å². The molecule has 1 heterocycles. The number of hydrogen-bond donors (Lipinski definition) is 1. The zero-order valence-corrected chi connectivity index (χ0v) is 12.5. The minimum atomic E-state index is -0.632. The molecule has 0 aliphatic heterocycles. The molecule has 0 fully saturated rings. The lowest BCUT2D eigenvalue weighted by Gasteiger charge is -2.22. The molecule has 0 aliphatic carbocycles. The SMILES string of the molecule is C/C(=N\NC(=O)C[N+](C)(C)C)c1ccc([N+](=O)[O-])o1.[Cl-]. The average Bonchev–Trinajstić information content (AvgIpc) is 2.72. The number of quaternary nitrogens is 1. The molecular weight excluding hydrogens is 288 g/mol. The summed E-state index contributed by atoms with van der Waals surface area (Å²) in [5.74, 6) is -0.354. The summed E-state index contributed by atoms with van der Waals surface area (Å²) in [4.78, 5) is 21.4. The topological polar surface area (TPSA) is 97.7 Å². The minimum absolute atomic E-state index is 0. The fraction of sp³-hybridized carbons (Fsp3) is 0.455. The van der Waals surface area contributed by atoms with Gasteiger partial charge in [-0.15, -0.1) is 0 Å². The Hall–Kier alpha value is -1.93. The number of amides is 1. The van der Waals surface area contributed by atoms with E-state index in [1.807, 2.05) is 21.1 Å². The van der Waals surface area contributed by atoms with E-state index in [4.69, 9.17) is 4.42 Å². The van der Waals surface area contributed by atoms with Gasteiger partial charge in [-0.3, -0.25) is 14.9 Å². The first-order valence-corrected chi connectivity index (χ1v) is 5.57. The van der Waals surface area contributed by atoms with Gasteiger partial charge in [-0.2, -0.15) is 5.10 Å². The number of hydrazone groups is 1. The van der Waals surface area contributed by atoms with E-state index in [-0.39, 0.29) is 36.5 Å². The number of furan rings is 1. The van der Waals surface area contributed by atoms with Crippen LogP contribution in [-0.4, -0.2) is 48.7 Å². The fourth-order valence-corrected chi connectivity index (χ4v) is 1.29. The van der Waals surface area contributed by atoms with Crippen molar-refractivity contribution in [3.63, 3.8) is 0 Å². The van der Waals surface area contributed by atoms with Crippen molar-refractivity contribution >= 4 is 17.5 Å². The monoisotopic (exact) mass is 304 g/mol. The zero-order chi connectivity index (χ0) is 14.6. The maximum absolute atomic E-state index is 11.5. The van der Waals surface area contributed by atoms with Crippen molar-refractivity contribution in [1.82, 2.24) is 5.43 Å². The first-order chi connectivity index (χ1) is 8.69. The number of nitro groups is 1. The average molecular weight is 305 g/mol. The summed E-state index contributed by atoms with van der Waals surface area (Å²) >= 11 is 0. The molecule has 0 aromatic carbocycles. The number of nitrogens with zero attached hydrogens (tertiary/aromatic N) is 3. The Labute approximate surface area is 122 Å². The van der Waals surface area contributed by atoms with Gasteiger partial charge in [-0.25, -0.2) is 5.43 Å². The van der Waals surface area contributed by atoms with E-state index in [0.29, 0.717) is 10.2 Å². The van der Waals surface area contributed by atoms with E-state index in [2.05, 4.69) is 10.5 Å². The second-order valence-corrected chi connectivity index (χ2v) is 5.08. The molecular formula is C11H17ClN4O4. The van der Waals surface area contributed by atoms with Crippen molar-refractivity contribution in [2.24, 2.45) is 5.10 Å².